The normalized spacial score (nSPS) is 24.9. The zero-order chi connectivity index (χ0) is 8.27. The predicted molar refractivity (Wildman–Crippen MR) is 41.1 cm³/mol. The summed E-state index contributed by atoms with van der Waals surface area (Å²) in [5.41, 5.74) is 0. The highest BCUT2D eigenvalue weighted by Crippen LogP contribution is 2.15. The van der Waals surface area contributed by atoms with E-state index in [0.29, 0.717) is 0 Å². The molecule has 0 bridgehead atoms. The summed E-state index contributed by atoms with van der Waals surface area (Å²) in [6.45, 7) is 1.02. The summed E-state index contributed by atoms with van der Waals surface area (Å²) < 4.78 is 0. The Kier molecular flexibility index (Phi) is 2.86. The number of carbonyl (C=O) groups excluding carboxylic acids is 1. The van der Waals surface area contributed by atoms with Crippen molar-refractivity contribution in [2.45, 2.75) is 18.9 Å². The third-order valence-corrected chi connectivity index (χ3v) is 1.96. The first-order chi connectivity index (χ1) is 5.24. The molecule has 1 aliphatic heterocycles. The smallest absolute Gasteiger partial charge is 0.235 e. The molecule has 1 saturated heterocycles. The molecular weight excluding hydrogens is 164 g/mol. The quantitative estimate of drug-likeness (QED) is 0.577. The highest BCUT2D eigenvalue weighted by molar-refractivity contribution is 6.64. The van der Waals surface area contributed by atoms with Crippen LogP contribution in [0.2, 0.25) is 0 Å². The van der Waals surface area contributed by atoms with Gasteiger partial charge in [-0.2, -0.15) is 5.26 Å². The average molecular weight is 173 g/mol. The molecule has 1 fully saturated rings. The summed E-state index contributed by atoms with van der Waals surface area (Å²) >= 11 is 5.19. The minimum Gasteiger partial charge on any atom is -0.280 e. The van der Waals surface area contributed by atoms with Crippen LogP contribution in [-0.4, -0.2) is 29.3 Å². The molecule has 1 rings (SSSR count). The third-order valence-electron chi connectivity index (χ3n) is 1.84. The molecule has 0 amide bonds. The van der Waals surface area contributed by atoms with Crippen LogP contribution in [0.25, 0.3) is 0 Å². The Labute approximate surface area is 70.5 Å². The van der Waals surface area contributed by atoms with E-state index < -0.39 is 0 Å². The number of likely N-dealkylation sites (tertiary alicyclic amines) is 1. The van der Waals surface area contributed by atoms with Crippen molar-refractivity contribution in [3.63, 3.8) is 0 Å². The molecule has 0 N–H and O–H groups in total. The van der Waals surface area contributed by atoms with Crippen LogP contribution in [0.15, 0.2) is 0 Å². The van der Waals surface area contributed by atoms with Gasteiger partial charge in [0.1, 0.15) is 0 Å². The van der Waals surface area contributed by atoms with Crippen LogP contribution in [0.5, 0.6) is 0 Å². The molecule has 0 spiro atoms. The van der Waals surface area contributed by atoms with Crippen molar-refractivity contribution in [3.05, 3.63) is 0 Å². The van der Waals surface area contributed by atoms with Crippen molar-refractivity contribution in [2.24, 2.45) is 0 Å². The van der Waals surface area contributed by atoms with Crippen LogP contribution >= 0.6 is 11.6 Å². The van der Waals surface area contributed by atoms with Crippen molar-refractivity contribution in [3.8, 4) is 6.07 Å². The second-order valence-corrected chi connectivity index (χ2v) is 3.03. The summed E-state index contributed by atoms with van der Waals surface area (Å²) in [5.74, 6) is 0. The Morgan fingerprint density at radius 3 is 3.09 bits per heavy atom. The monoisotopic (exact) mass is 172 g/mol. The molecule has 1 heterocycles. The second kappa shape index (κ2) is 3.70. The molecule has 11 heavy (non-hydrogen) atoms. The molecule has 1 aliphatic rings. The number of halogens is 1. The van der Waals surface area contributed by atoms with Gasteiger partial charge in [0.05, 0.1) is 18.7 Å². The largest absolute Gasteiger partial charge is 0.280 e. The highest BCUT2D eigenvalue weighted by Gasteiger charge is 2.24. The van der Waals surface area contributed by atoms with Crippen LogP contribution < -0.4 is 0 Å². The third kappa shape index (κ3) is 2.18. The maximum atomic E-state index is 10.5. The zero-order valence-electron chi connectivity index (χ0n) is 6.09. The molecule has 0 aromatic carbocycles. The topological polar surface area (TPSA) is 44.1 Å². The lowest BCUT2D eigenvalue weighted by Gasteiger charge is -2.15. The zero-order valence-corrected chi connectivity index (χ0v) is 6.84. The van der Waals surface area contributed by atoms with Gasteiger partial charge in [-0.3, -0.25) is 9.69 Å². The molecule has 1 atom stereocenters. The number of rotatable bonds is 2. The summed E-state index contributed by atoms with van der Waals surface area (Å²) in [7, 11) is 0. The first-order valence-electron chi connectivity index (χ1n) is 3.56. The van der Waals surface area contributed by atoms with Crippen LogP contribution in [0.1, 0.15) is 12.8 Å². The van der Waals surface area contributed by atoms with Crippen LogP contribution in [-0.2, 0) is 4.79 Å². The Morgan fingerprint density at radius 2 is 2.55 bits per heavy atom. The molecule has 3 nitrogen and oxygen atoms in total. The Bertz CT molecular complexity index is 199. The first kappa shape index (κ1) is 8.51. The van der Waals surface area contributed by atoms with Crippen molar-refractivity contribution in [2.75, 3.05) is 13.1 Å². The standard InChI is InChI=1S/C7H9ClN2O/c8-7(11)5-10-3-1-2-6(10)4-9/h6H,1-3,5H2. The van der Waals surface area contributed by atoms with Crippen molar-refractivity contribution in [1.82, 2.24) is 4.90 Å². The second-order valence-electron chi connectivity index (χ2n) is 2.61. The molecule has 0 aliphatic carbocycles. The predicted octanol–water partition coefficient (Wildman–Crippen LogP) is 0.740. The number of hydrogen-bond donors (Lipinski definition) is 0. The Hall–Kier alpha value is -0.590. The molecule has 4 heteroatoms. The number of nitrogens with zero attached hydrogens (tertiary/aromatic N) is 2. The van der Waals surface area contributed by atoms with Gasteiger partial charge in [-0.1, -0.05) is 0 Å². The van der Waals surface area contributed by atoms with Crippen molar-refractivity contribution in [1.29, 1.82) is 5.26 Å². The first-order valence-corrected chi connectivity index (χ1v) is 3.94. The van der Waals surface area contributed by atoms with E-state index in [4.69, 9.17) is 16.9 Å². The number of nitriles is 1. The van der Waals surface area contributed by atoms with Crippen molar-refractivity contribution >= 4 is 16.8 Å². The average Bonchev–Trinajstić information content (AvgIpc) is 2.34. The lowest BCUT2D eigenvalue weighted by molar-refractivity contribution is -0.112. The van der Waals surface area contributed by atoms with Gasteiger partial charge in [0, 0.05) is 6.54 Å². The molecule has 0 saturated carbocycles. The van der Waals surface area contributed by atoms with Gasteiger partial charge in [0.2, 0.25) is 5.24 Å². The summed E-state index contributed by atoms with van der Waals surface area (Å²) in [6, 6.07) is 2.04. The van der Waals surface area contributed by atoms with Gasteiger partial charge in [-0.25, -0.2) is 0 Å². The lowest BCUT2D eigenvalue weighted by Crippen LogP contribution is -2.31. The highest BCUT2D eigenvalue weighted by atomic mass is 35.5. The van der Waals surface area contributed by atoms with Crippen LogP contribution in [0, 0.1) is 11.3 Å². The summed E-state index contributed by atoms with van der Waals surface area (Å²) in [5, 5.41) is 8.22. The summed E-state index contributed by atoms with van der Waals surface area (Å²) in [4.78, 5) is 12.3. The molecule has 0 radical (unpaired) electrons. The fraction of sp³-hybridized carbons (Fsp3) is 0.714. The van der Waals surface area contributed by atoms with Gasteiger partial charge in [0.15, 0.2) is 0 Å². The van der Waals surface area contributed by atoms with E-state index in [2.05, 4.69) is 6.07 Å². The molecule has 0 aromatic rings. The number of carbonyl (C=O) groups is 1. The molecular formula is C7H9ClN2O. The lowest BCUT2D eigenvalue weighted by atomic mass is 10.2. The fourth-order valence-corrected chi connectivity index (χ4v) is 1.47. The molecule has 60 valence electrons. The van der Waals surface area contributed by atoms with Crippen LogP contribution in [0.3, 0.4) is 0 Å². The van der Waals surface area contributed by atoms with E-state index in [1.807, 2.05) is 4.90 Å². The van der Waals surface area contributed by atoms with Gasteiger partial charge in [0.25, 0.3) is 0 Å². The van der Waals surface area contributed by atoms with Gasteiger partial charge >= 0.3 is 0 Å². The SMILES string of the molecule is N#CC1CCCN1CC(=O)Cl. The Balaban J connectivity index is 2.45. The van der Waals surface area contributed by atoms with E-state index in [9.17, 15) is 4.79 Å². The minimum absolute atomic E-state index is 0.0994. The number of hydrogen-bond acceptors (Lipinski definition) is 3. The van der Waals surface area contributed by atoms with Crippen LogP contribution in [0.4, 0.5) is 0 Å². The fourth-order valence-electron chi connectivity index (χ4n) is 1.32. The summed E-state index contributed by atoms with van der Waals surface area (Å²) in [6.07, 6.45) is 1.85. The van der Waals surface area contributed by atoms with E-state index in [1.165, 1.54) is 0 Å². The van der Waals surface area contributed by atoms with E-state index in [-0.39, 0.29) is 17.8 Å². The maximum absolute atomic E-state index is 10.5. The minimum atomic E-state index is -0.382. The maximum Gasteiger partial charge on any atom is 0.235 e. The van der Waals surface area contributed by atoms with Gasteiger partial charge < -0.3 is 0 Å². The van der Waals surface area contributed by atoms with Crippen molar-refractivity contribution < 1.29 is 4.79 Å². The van der Waals surface area contributed by atoms with E-state index in [0.717, 1.165) is 19.4 Å². The molecule has 1 unspecified atom stereocenters. The van der Waals surface area contributed by atoms with Gasteiger partial charge in [-0.05, 0) is 24.4 Å². The van der Waals surface area contributed by atoms with E-state index >= 15 is 0 Å². The van der Waals surface area contributed by atoms with E-state index in [1.54, 1.807) is 0 Å². The van der Waals surface area contributed by atoms with Gasteiger partial charge in [-0.15, -0.1) is 0 Å². The molecule has 0 aromatic heterocycles. The Morgan fingerprint density at radius 1 is 1.82 bits per heavy atom.